The van der Waals surface area contributed by atoms with Crippen LogP contribution in [0.25, 0.3) is 0 Å². The maximum Gasteiger partial charge on any atom is 0.414 e. The third kappa shape index (κ3) is 5.57. The number of ether oxygens (including phenoxy) is 3. The summed E-state index contributed by atoms with van der Waals surface area (Å²) in [6, 6.07) is 9.24. The molecule has 1 aliphatic heterocycles. The normalized spacial score (nSPS) is 16.5. The second-order valence-corrected chi connectivity index (χ2v) is 7.17. The van der Waals surface area contributed by atoms with Crippen molar-refractivity contribution in [2.45, 2.75) is 34.3 Å². The van der Waals surface area contributed by atoms with Gasteiger partial charge in [0, 0.05) is 12.7 Å². The Morgan fingerprint density at radius 1 is 1.11 bits per heavy atom. The topological polar surface area (TPSA) is 82.1 Å². The van der Waals surface area contributed by atoms with Crippen LogP contribution in [0.3, 0.4) is 0 Å². The summed E-state index contributed by atoms with van der Waals surface area (Å²) in [7, 11) is 0. The minimum atomic E-state index is -0.861. The molecule has 7 heteroatoms. The monoisotopic (exact) mass is 375 g/mol. The van der Waals surface area contributed by atoms with E-state index in [1.807, 2.05) is 30.3 Å². The van der Waals surface area contributed by atoms with Gasteiger partial charge in [-0.2, -0.15) is 0 Å². The number of hydrogen-bond donors (Lipinski definition) is 0. The smallest absolute Gasteiger partial charge is 0.414 e. The average Bonchev–Trinajstić information content (AvgIpc) is 3.04. The number of nitrogens with zero attached hydrogens (tertiary/aromatic N) is 1. The molecule has 1 aromatic carbocycles. The van der Waals surface area contributed by atoms with E-state index in [9.17, 15) is 14.4 Å². The van der Waals surface area contributed by atoms with E-state index in [-0.39, 0.29) is 25.5 Å². The zero-order chi connectivity index (χ0) is 20.0. The zero-order valence-electron chi connectivity index (χ0n) is 16.1. The van der Waals surface area contributed by atoms with Crippen LogP contribution >= 0.6 is 0 Å². The van der Waals surface area contributed by atoms with Gasteiger partial charge < -0.3 is 14.2 Å². The molecule has 1 heterocycles. The number of benzene rings is 1. The Hall–Kier alpha value is -2.83. The van der Waals surface area contributed by atoms with Crippen molar-refractivity contribution in [1.29, 1.82) is 0 Å². The Balaban J connectivity index is 2.08. The number of carbonyl (C=O) groups is 3. The molecule has 1 amide bonds. The van der Waals surface area contributed by atoms with Crippen molar-refractivity contribution < 1.29 is 28.6 Å². The summed E-state index contributed by atoms with van der Waals surface area (Å²) >= 11 is 0. The van der Waals surface area contributed by atoms with Crippen LogP contribution in [0.2, 0.25) is 0 Å². The number of esters is 2. The number of carbonyl (C=O) groups excluding carboxylic acids is 3. The van der Waals surface area contributed by atoms with Gasteiger partial charge in [0.15, 0.2) is 0 Å². The second-order valence-electron chi connectivity index (χ2n) is 7.17. The summed E-state index contributed by atoms with van der Waals surface area (Å²) in [5, 5.41) is 0. The number of rotatable bonds is 5. The molecule has 1 aliphatic rings. The summed E-state index contributed by atoms with van der Waals surface area (Å²) in [4.78, 5) is 37.9. The SMILES string of the molecule is CCOC(=O)C1CN(C(=O)OCc2ccccc2)C=C1OC(=O)C(C)(C)C. The second kappa shape index (κ2) is 8.70. The van der Waals surface area contributed by atoms with Gasteiger partial charge in [-0.3, -0.25) is 14.5 Å². The Bertz CT molecular complexity index is 720. The Kier molecular flexibility index (Phi) is 6.60. The highest BCUT2D eigenvalue weighted by molar-refractivity contribution is 5.82. The van der Waals surface area contributed by atoms with Gasteiger partial charge in [0.2, 0.25) is 0 Å². The molecule has 1 unspecified atom stereocenters. The van der Waals surface area contributed by atoms with Gasteiger partial charge in [0.05, 0.1) is 12.0 Å². The van der Waals surface area contributed by atoms with Crippen LogP contribution in [0.1, 0.15) is 33.3 Å². The van der Waals surface area contributed by atoms with Gasteiger partial charge in [-0.25, -0.2) is 4.79 Å². The molecule has 1 atom stereocenters. The maximum atomic E-state index is 12.3. The van der Waals surface area contributed by atoms with Crippen LogP contribution in [0.15, 0.2) is 42.3 Å². The summed E-state index contributed by atoms with van der Waals surface area (Å²) < 4.78 is 15.7. The van der Waals surface area contributed by atoms with Crippen molar-refractivity contribution in [2.24, 2.45) is 11.3 Å². The molecule has 0 aromatic heterocycles. The molecule has 7 nitrogen and oxygen atoms in total. The summed E-state index contributed by atoms with van der Waals surface area (Å²) in [6.45, 7) is 7.09. The lowest BCUT2D eigenvalue weighted by molar-refractivity contribution is -0.153. The van der Waals surface area contributed by atoms with E-state index in [1.54, 1.807) is 27.7 Å². The lowest BCUT2D eigenvalue weighted by Gasteiger charge is -2.19. The van der Waals surface area contributed by atoms with E-state index in [4.69, 9.17) is 14.2 Å². The first-order valence-electron chi connectivity index (χ1n) is 8.80. The fourth-order valence-electron chi connectivity index (χ4n) is 2.30. The summed E-state index contributed by atoms with van der Waals surface area (Å²) in [5.41, 5.74) is 0.0942. The molecule has 27 heavy (non-hydrogen) atoms. The first kappa shape index (κ1) is 20.5. The molecular weight excluding hydrogens is 350 g/mol. The van der Waals surface area contributed by atoms with E-state index >= 15 is 0 Å². The average molecular weight is 375 g/mol. The van der Waals surface area contributed by atoms with Crippen molar-refractivity contribution in [2.75, 3.05) is 13.2 Å². The van der Waals surface area contributed by atoms with Gasteiger partial charge in [-0.05, 0) is 33.3 Å². The van der Waals surface area contributed by atoms with Crippen LogP contribution < -0.4 is 0 Å². The molecule has 0 bridgehead atoms. The minimum absolute atomic E-state index is 0.000781. The van der Waals surface area contributed by atoms with Crippen LogP contribution in [-0.4, -0.2) is 36.1 Å². The van der Waals surface area contributed by atoms with Gasteiger partial charge >= 0.3 is 18.0 Å². The Labute approximate surface area is 158 Å². The highest BCUT2D eigenvalue weighted by Crippen LogP contribution is 2.28. The number of amides is 1. The van der Waals surface area contributed by atoms with Crippen molar-refractivity contribution in [3.63, 3.8) is 0 Å². The first-order chi connectivity index (χ1) is 12.7. The molecule has 0 radical (unpaired) electrons. The first-order valence-corrected chi connectivity index (χ1v) is 8.80. The maximum absolute atomic E-state index is 12.3. The summed E-state index contributed by atoms with van der Waals surface area (Å²) in [6.07, 6.45) is 0.702. The van der Waals surface area contributed by atoms with Crippen molar-refractivity contribution in [3.05, 3.63) is 47.9 Å². The van der Waals surface area contributed by atoms with Gasteiger partial charge in [-0.1, -0.05) is 30.3 Å². The van der Waals surface area contributed by atoms with Gasteiger partial charge in [-0.15, -0.1) is 0 Å². The fraction of sp³-hybridized carbons (Fsp3) is 0.450. The van der Waals surface area contributed by atoms with Crippen molar-refractivity contribution >= 4 is 18.0 Å². The van der Waals surface area contributed by atoms with E-state index in [0.717, 1.165) is 5.56 Å². The van der Waals surface area contributed by atoms with Gasteiger partial charge in [0.25, 0.3) is 0 Å². The fourth-order valence-corrected chi connectivity index (χ4v) is 2.30. The quantitative estimate of drug-likeness (QED) is 0.580. The van der Waals surface area contributed by atoms with E-state index in [0.29, 0.717) is 0 Å². The molecule has 0 saturated carbocycles. The van der Waals surface area contributed by atoms with Gasteiger partial charge in [0.1, 0.15) is 18.3 Å². The lowest BCUT2D eigenvalue weighted by atomic mass is 9.97. The molecule has 0 saturated heterocycles. The third-order valence-electron chi connectivity index (χ3n) is 3.84. The molecule has 1 aromatic rings. The van der Waals surface area contributed by atoms with Crippen LogP contribution in [-0.2, 0) is 30.4 Å². The van der Waals surface area contributed by atoms with Crippen LogP contribution in [0.4, 0.5) is 4.79 Å². The molecular formula is C20H25NO6. The standard InChI is InChI=1S/C20H25NO6/c1-5-25-17(22)15-11-21(12-16(15)27-18(23)20(2,3)4)19(24)26-13-14-9-7-6-8-10-14/h6-10,12,15H,5,11,13H2,1-4H3. The highest BCUT2D eigenvalue weighted by Gasteiger charge is 2.39. The highest BCUT2D eigenvalue weighted by atomic mass is 16.6. The van der Waals surface area contributed by atoms with Crippen LogP contribution in [0, 0.1) is 11.3 Å². The number of hydrogen-bond acceptors (Lipinski definition) is 6. The third-order valence-corrected chi connectivity index (χ3v) is 3.84. The van der Waals surface area contributed by atoms with Crippen LogP contribution in [0.5, 0.6) is 0 Å². The predicted molar refractivity (Wildman–Crippen MR) is 97.1 cm³/mol. The van der Waals surface area contributed by atoms with E-state index < -0.39 is 29.4 Å². The summed E-state index contributed by atoms with van der Waals surface area (Å²) in [5.74, 6) is -1.82. The predicted octanol–water partition coefficient (Wildman–Crippen LogP) is 3.25. The Morgan fingerprint density at radius 2 is 1.78 bits per heavy atom. The minimum Gasteiger partial charge on any atom is -0.465 e. The largest absolute Gasteiger partial charge is 0.465 e. The molecule has 146 valence electrons. The molecule has 0 spiro atoms. The van der Waals surface area contributed by atoms with Crippen molar-refractivity contribution in [1.82, 2.24) is 4.90 Å². The molecule has 0 aliphatic carbocycles. The molecule has 0 N–H and O–H groups in total. The molecule has 2 rings (SSSR count). The van der Waals surface area contributed by atoms with E-state index in [1.165, 1.54) is 11.1 Å². The zero-order valence-corrected chi connectivity index (χ0v) is 16.1. The van der Waals surface area contributed by atoms with E-state index in [2.05, 4.69) is 0 Å². The Morgan fingerprint density at radius 3 is 2.37 bits per heavy atom. The van der Waals surface area contributed by atoms with Crippen molar-refractivity contribution in [3.8, 4) is 0 Å². The molecule has 0 fully saturated rings. The lowest BCUT2D eigenvalue weighted by Crippen LogP contribution is -2.31.